The van der Waals surface area contributed by atoms with Gasteiger partial charge in [0.2, 0.25) is 5.13 Å². The SMILES string of the molecule is CCc1nnc(NC(=O)c2cc(OC)cc(Br)c2OC)s1. The summed E-state index contributed by atoms with van der Waals surface area (Å²) in [6.45, 7) is 1.98. The van der Waals surface area contributed by atoms with E-state index >= 15 is 0 Å². The van der Waals surface area contributed by atoms with Crippen molar-refractivity contribution in [3.8, 4) is 11.5 Å². The summed E-state index contributed by atoms with van der Waals surface area (Å²) >= 11 is 4.70. The fourth-order valence-electron chi connectivity index (χ4n) is 1.67. The molecule has 8 heteroatoms. The smallest absolute Gasteiger partial charge is 0.261 e. The van der Waals surface area contributed by atoms with E-state index in [0.717, 1.165) is 11.4 Å². The topological polar surface area (TPSA) is 73.3 Å². The van der Waals surface area contributed by atoms with Crippen molar-refractivity contribution < 1.29 is 14.3 Å². The Morgan fingerprint density at radius 2 is 2.10 bits per heavy atom. The average molecular weight is 372 g/mol. The Kier molecular flexibility index (Phi) is 5.13. The molecule has 0 aliphatic carbocycles. The second-order valence-electron chi connectivity index (χ2n) is 4.00. The van der Waals surface area contributed by atoms with Crippen LogP contribution in [0.4, 0.5) is 5.13 Å². The Bertz CT molecular complexity index is 660. The summed E-state index contributed by atoms with van der Waals surface area (Å²) in [6.07, 6.45) is 0.779. The minimum atomic E-state index is -0.328. The molecule has 0 aliphatic rings. The van der Waals surface area contributed by atoms with Gasteiger partial charge in [0.25, 0.3) is 5.91 Å². The summed E-state index contributed by atoms with van der Waals surface area (Å²) in [7, 11) is 3.04. The van der Waals surface area contributed by atoms with E-state index in [1.165, 1.54) is 25.6 Å². The van der Waals surface area contributed by atoms with Crippen molar-refractivity contribution in [2.24, 2.45) is 0 Å². The van der Waals surface area contributed by atoms with E-state index < -0.39 is 0 Å². The van der Waals surface area contributed by atoms with E-state index in [4.69, 9.17) is 9.47 Å². The van der Waals surface area contributed by atoms with E-state index in [9.17, 15) is 4.79 Å². The Hall–Kier alpha value is -1.67. The standard InChI is InChI=1S/C13H14BrN3O3S/c1-4-10-16-17-13(21-10)15-12(18)8-5-7(19-2)6-9(14)11(8)20-3/h5-6H,4H2,1-3H3,(H,15,17,18). The lowest BCUT2D eigenvalue weighted by Crippen LogP contribution is -2.13. The van der Waals surface area contributed by atoms with E-state index in [0.29, 0.717) is 26.7 Å². The number of carbonyl (C=O) groups excluding carboxylic acids is 1. The number of carbonyl (C=O) groups is 1. The minimum absolute atomic E-state index is 0.328. The largest absolute Gasteiger partial charge is 0.497 e. The number of hydrogen-bond acceptors (Lipinski definition) is 6. The van der Waals surface area contributed by atoms with Gasteiger partial charge in [0.1, 0.15) is 16.5 Å². The van der Waals surface area contributed by atoms with Gasteiger partial charge in [-0.3, -0.25) is 10.1 Å². The molecule has 112 valence electrons. The first-order valence-electron chi connectivity index (χ1n) is 6.14. The predicted octanol–water partition coefficient (Wildman–Crippen LogP) is 3.13. The van der Waals surface area contributed by atoms with Gasteiger partial charge >= 0.3 is 0 Å². The van der Waals surface area contributed by atoms with Crippen molar-refractivity contribution in [3.63, 3.8) is 0 Å². The monoisotopic (exact) mass is 371 g/mol. The van der Waals surface area contributed by atoms with Gasteiger partial charge in [0, 0.05) is 0 Å². The molecule has 1 N–H and O–H groups in total. The van der Waals surface area contributed by atoms with Crippen molar-refractivity contribution in [3.05, 3.63) is 27.2 Å². The van der Waals surface area contributed by atoms with Crippen LogP contribution in [0.1, 0.15) is 22.3 Å². The van der Waals surface area contributed by atoms with E-state index in [2.05, 4.69) is 31.4 Å². The highest BCUT2D eigenvalue weighted by molar-refractivity contribution is 9.10. The van der Waals surface area contributed by atoms with Crippen LogP contribution in [0.3, 0.4) is 0 Å². The summed E-state index contributed by atoms with van der Waals surface area (Å²) < 4.78 is 11.1. The van der Waals surface area contributed by atoms with Gasteiger partial charge in [0.05, 0.1) is 24.3 Å². The molecule has 0 bridgehead atoms. The third kappa shape index (κ3) is 3.51. The molecular formula is C13H14BrN3O3S. The molecule has 0 unspecified atom stereocenters. The van der Waals surface area contributed by atoms with Crippen LogP contribution in [0.15, 0.2) is 16.6 Å². The quantitative estimate of drug-likeness (QED) is 0.873. The zero-order chi connectivity index (χ0) is 15.4. The highest BCUT2D eigenvalue weighted by Crippen LogP contribution is 2.34. The Balaban J connectivity index is 2.31. The van der Waals surface area contributed by atoms with E-state index in [1.54, 1.807) is 12.1 Å². The molecule has 0 aliphatic heterocycles. The summed E-state index contributed by atoms with van der Waals surface area (Å²) in [5, 5.41) is 11.9. The van der Waals surface area contributed by atoms with Gasteiger partial charge in [-0.25, -0.2) is 0 Å². The number of hydrogen-bond donors (Lipinski definition) is 1. The van der Waals surface area contributed by atoms with Crippen LogP contribution < -0.4 is 14.8 Å². The molecule has 0 spiro atoms. The predicted molar refractivity (Wildman–Crippen MR) is 84.5 cm³/mol. The van der Waals surface area contributed by atoms with E-state index in [-0.39, 0.29) is 5.91 Å². The Morgan fingerprint density at radius 3 is 2.67 bits per heavy atom. The highest BCUT2D eigenvalue weighted by atomic mass is 79.9. The van der Waals surface area contributed by atoms with Crippen LogP contribution in [0.25, 0.3) is 0 Å². The Labute approximate surface area is 134 Å². The number of aromatic nitrogens is 2. The molecule has 2 aromatic rings. The molecule has 1 amide bonds. The van der Waals surface area contributed by atoms with Crippen molar-refractivity contribution in [1.82, 2.24) is 10.2 Å². The highest BCUT2D eigenvalue weighted by Gasteiger charge is 2.18. The number of ether oxygens (including phenoxy) is 2. The fourth-order valence-corrected chi connectivity index (χ4v) is 2.95. The van der Waals surface area contributed by atoms with Crippen LogP contribution in [-0.4, -0.2) is 30.3 Å². The van der Waals surface area contributed by atoms with Crippen molar-refractivity contribution in [2.75, 3.05) is 19.5 Å². The second-order valence-corrected chi connectivity index (χ2v) is 5.92. The average Bonchev–Trinajstić information content (AvgIpc) is 2.93. The molecule has 21 heavy (non-hydrogen) atoms. The van der Waals surface area contributed by atoms with Crippen molar-refractivity contribution in [1.29, 1.82) is 0 Å². The van der Waals surface area contributed by atoms with Crippen molar-refractivity contribution >= 4 is 38.3 Å². The molecule has 1 heterocycles. The molecule has 0 fully saturated rings. The third-order valence-corrected chi connectivity index (χ3v) is 4.26. The van der Waals surface area contributed by atoms with Gasteiger partial charge in [-0.2, -0.15) is 0 Å². The molecule has 0 saturated carbocycles. The van der Waals surface area contributed by atoms with Gasteiger partial charge in [-0.1, -0.05) is 18.3 Å². The van der Waals surface area contributed by atoms with Crippen LogP contribution in [0.2, 0.25) is 0 Å². The minimum Gasteiger partial charge on any atom is -0.497 e. The molecular weight excluding hydrogens is 358 g/mol. The molecule has 0 radical (unpaired) electrons. The van der Waals surface area contributed by atoms with E-state index in [1.807, 2.05) is 6.92 Å². The summed E-state index contributed by atoms with van der Waals surface area (Å²) in [6, 6.07) is 3.34. The van der Waals surface area contributed by atoms with Gasteiger partial charge < -0.3 is 9.47 Å². The first-order valence-corrected chi connectivity index (χ1v) is 7.75. The normalized spacial score (nSPS) is 10.3. The number of nitrogens with one attached hydrogen (secondary N) is 1. The van der Waals surface area contributed by atoms with Crippen LogP contribution in [-0.2, 0) is 6.42 Å². The van der Waals surface area contributed by atoms with Gasteiger partial charge in [-0.15, -0.1) is 10.2 Å². The Morgan fingerprint density at radius 1 is 1.33 bits per heavy atom. The third-order valence-electron chi connectivity index (χ3n) is 2.69. The first kappa shape index (κ1) is 15.7. The number of anilines is 1. The maximum Gasteiger partial charge on any atom is 0.261 e. The van der Waals surface area contributed by atoms with Gasteiger partial charge in [0.15, 0.2) is 0 Å². The number of aryl methyl sites for hydroxylation is 1. The fraction of sp³-hybridized carbons (Fsp3) is 0.308. The number of rotatable bonds is 5. The molecule has 0 saturated heterocycles. The lowest BCUT2D eigenvalue weighted by Gasteiger charge is -2.11. The number of halogens is 1. The number of nitrogens with zero attached hydrogens (tertiary/aromatic N) is 2. The van der Waals surface area contributed by atoms with Crippen molar-refractivity contribution in [2.45, 2.75) is 13.3 Å². The van der Waals surface area contributed by atoms with Crippen LogP contribution in [0.5, 0.6) is 11.5 Å². The molecule has 0 atom stereocenters. The summed E-state index contributed by atoms with van der Waals surface area (Å²) in [5.41, 5.74) is 0.358. The zero-order valence-electron chi connectivity index (χ0n) is 11.8. The number of benzene rings is 1. The first-order chi connectivity index (χ1) is 10.1. The summed E-state index contributed by atoms with van der Waals surface area (Å²) in [4.78, 5) is 12.4. The second kappa shape index (κ2) is 6.86. The lowest BCUT2D eigenvalue weighted by atomic mass is 10.1. The van der Waals surface area contributed by atoms with Crippen LogP contribution in [0, 0.1) is 0 Å². The zero-order valence-corrected chi connectivity index (χ0v) is 14.2. The number of methoxy groups -OCH3 is 2. The molecule has 1 aromatic carbocycles. The lowest BCUT2D eigenvalue weighted by molar-refractivity contribution is 0.102. The number of amides is 1. The maximum absolute atomic E-state index is 12.4. The van der Waals surface area contributed by atoms with Gasteiger partial charge in [-0.05, 0) is 34.5 Å². The summed E-state index contributed by atoms with van der Waals surface area (Å²) in [5.74, 6) is 0.665. The molecule has 2 rings (SSSR count). The molecule has 1 aromatic heterocycles. The van der Waals surface area contributed by atoms with Crippen LogP contribution >= 0.6 is 27.3 Å². The molecule has 6 nitrogen and oxygen atoms in total. The maximum atomic E-state index is 12.4.